The Bertz CT molecular complexity index is 241. The topological polar surface area (TPSA) is 46.3 Å². The number of carbonyl (C=O) groups excluding carboxylic acids is 1. The molecule has 3 nitrogen and oxygen atoms in total. The molecule has 1 amide bonds. The van der Waals surface area contributed by atoms with Crippen molar-refractivity contribution < 1.29 is 4.79 Å². The zero-order valence-electron chi connectivity index (χ0n) is 10.9. The number of amides is 1. The number of hydrogen-bond donors (Lipinski definition) is 1. The van der Waals surface area contributed by atoms with Crippen molar-refractivity contribution in [3.05, 3.63) is 0 Å². The first-order valence-electron chi connectivity index (χ1n) is 7.29. The molecule has 2 fully saturated rings. The summed E-state index contributed by atoms with van der Waals surface area (Å²) in [6.45, 7) is 1.76. The van der Waals surface area contributed by atoms with Gasteiger partial charge in [-0.1, -0.05) is 32.1 Å². The second-order valence-electron chi connectivity index (χ2n) is 5.76. The van der Waals surface area contributed by atoms with Crippen LogP contribution in [0.2, 0.25) is 0 Å². The van der Waals surface area contributed by atoms with Crippen LogP contribution in [0.3, 0.4) is 0 Å². The van der Waals surface area contributed by atoms with Crippen molar-refractivity contribution in [2.45, 2.75) is 63.8 Å². The molecule has 2 rings (SSSR count). The van der Waals surface area contributed by atoms with E-state index >= 15 is 0 Å². The van der Waals surface area contributed by atoms with Crippen molar-refractivity contribution in [2.75, 3.05) is 13.1 Å². The maximum atomic E-state index is 12.0. The van der Waals surface area contributed by atoms with E-state index in [0.29, 0.717) is 11.9 Å². The molecule has 0 spiro atoms. The summed E-state index contributed by atoms with van der Waals surface area (Å²) < 4.78 is 0. The zero-order valence-corrected chi connectivity index (χ0v) is 10.9. The second-order valence-corrected chi connectivity index (χ2v) is 5.76. The molecule has 3 heteroatoms. The molecule has 1 heterocycles. The van der Waals surface area contributed by atoms with Crippen molar-refractivity contribution in [2.24, 2.45) is 11.7 Å². The van der Waals surface area contributed by atoms with Gasteiger partial charge in [-0.15, -0.1) is 0 Å². The van der Waals surface area contributed by atoms with Crippen LogP contribution in [0.4, 0.5) is 0 Å². The zero-order chi connectivity index (χ0) is 12.1. The molecule has 0 bridgehead atoms. The molecule has 0 aromatic carbocycles. The summed E-state index contributed by atoms with van der Waals surface area (Å²) in [6, 6.07) is 0.317. The van der Waals surface area contributed by atoms with Crippen LogP contribution in [-0.4, -0.2) is 29.9 Å². The minimum Gasteiger partial charge on any atom is -0.343 e. The predicted molar refractivity (Wildman–Crippen MR) is 69.6 cm³/mol. The van der Waals surface area contributed by atoms with E-state index in [-0.39, 0.29) is 0 Å². The summed E-state index contributed by atoms with van der Waals surface area (Å²) in [4.78, 5) is 14.1. The molecule has 98 valence electrons. The minimum absolute atomic E-state index is 0.317. The van der Waals surface area contributed by atoms with Crippen LogP contribution in [0.1, 0.15) is 57.8 Å². The van der Waals surface area contributed by atoms with E-state index in [9.17, 15) is 4.79 Å². The van der Waals surface area contributed by atoms with Crippen molar-refractivity contribution in [1.29, 1.82) is 0 Å². The number of nitrogens with two attached hydrogens (primary N) is 1. The van der Waals surface area contributed by atoms with E-state index in [1.54, 1.807) is 0 Å². The number of rotatable bonds is 3. The lowest BCUT2D eigenvalue weighted by Gasteiger charge is -2.31. The summed E-state index contributed by atoms with van der Waals surface area (Å²) in [5.74, 6) is 1.18. The second kappa shape index (κ2) is 6.39. The van der Waals surface area contributed by atoms with Gasteiger partial charge in [0.1, 0.15) is 0 Å². The minimum atomic E-state index is 0.317. The Morgan fingerprint density at radius 1 is 1.06 bits per heavy atom. The normalized spacial score (nSPS) is 23.9. The number of likely N-dealkylation sites (tertiary alicyclic amines) is 1. The summed E-state index contributed by atoms with van der Waals surface area (Å²) in [5.41, 5.74) is 5.85. The molecule has 2 aliphatic rings. The first-order chi connectivity index (χ1) is 8.25. The molecule has 17 heavy (non-hydrogen) atoms. The Morgan fingerprint density at radius 3 is 2.35 bits per heavy atom. The third-order valence-corrected chi connectivity index (χ3v) is 4.38. The largest absolute Gasteiger partial charge is 0.343 e. The number of carbonyl (C=O) groups is 1. The van der Waals surface area contributed by atoms with Crippen LogP contribution in [0.25, 0.3) is 0 Å². The van der Waals surface area contributed by atoms with Gasteiger partial charge >= 0.3 is 0 Å². The van der Waals surface area contributed by atoms with Gasteiger partial charge in [-0.3, -0.25) is 4.79 Å². The average Bonchev–Trinajstić information content (AvgIpc) is 2.38. The lowest BCUT2D eigenvalue weighted by atomic mass is 9.86. The van der Waals surface area contributed by atoms with Crippen LogP contribution in [-0.2, 0) is 4.79 Å². The SMILES string of the molecule is NC1CCN(C(=O)CCC2CCCCC2)CC1. The summed E-state index contributed by atoms with van der Waals surface area (Å²) in [5, 5.41) is 0. The highest BCUT2D eigenvalue weighted by Gasteiger charge is 2.21. The van der Waals surface area contributed by atoms with E-state index in [4.69, 9.17) is 5.73 Å². The number of piperidine rings is 1. The lowest BCUT2D eigenvalue weighted by Crippen LogP contribution is -2.42. The third kappa shape index (κ3) is 3.98. The van der Waals surface area contributed by atoms with Gasteiger partial charge < -0.3 is 10.6 Å². The highest BCUT2D eigenvalue weighted by atomic mass is 16.2. The van der Waals surface area contributed by atoms with Crippen LogP contribution >= 0.6 is 0 Å². The molecule has 1 saturated carbocycles. The predicted octanol–water partition coefficient (Wildman–Crippen LogP) is 2.30. The summed E-state index contributed by atoms with van der Waals surface area (Å²) >= 11 is 0. The third-order valence-electron chi connectivity index (χ3n) is 4.38. The van der Waals surface area contributed by atoms with Gasteiger partial charge in [-0.05, 0) is 25.2 Å². The molecule has 0 aromatic rings. The molecule has 0 aromatic heterocycles. The Balaban J connectivity index is 1.66. The van der Waals surface area contributed by atoms with E-state index < -0.39 is 0 Å². The molecule has 0 radical (unpaired) electrons. The highest BCUT2D eigenvalue weighted by molar-refractivity contribution is 5.76. The van der Waals surface area contributed by atoms with Crippen LogP contribution in [0, 0.1) is 5.92 Å². The summed E-state index contributed by atoms with van der Waals surface area (Å²) in [6.07, 6.45) is 10.7. The van der Waals surface area contributed by atoms with Crippen molar-refractivity contribution in [3.8, 4) is 0 Å². The molecular formula is C14H26N2O. The van der Waals surface area contributed by atoms with Crippen molar-refractivity contribution in [1.82, 2.24) is 4.90 Å². The van der Waals surface area contributed by atoms with Gasteiger partial charge in [-0.2, -0.15) is 0 Å². The fourth-order valence-electron chi connectivity index (χ4n) is 3.11. The molecule has 2 N–H and O–H groups in total. The van der Waals surface area contributed by atoms with Crippen molar-refractivity contribution >= 4 is 5.91 Å². The average molecular weight is 238 g/mol. The van der Waals surface area contributed by atoms with E-state index in [0.717, 1.165) is 44.7 Å². The van der Waals surface area contributed by atoms with E-state index in [1.807, 2.05) is 4.90 Å². The molecule has 1 aliphatic heterocycles. The first kappa shape index (κ1) is 12.9. The van der Waals surface area contributed by atoms with Gasteiger partial charge in [0.05, 0.1) is 0 Å². The van der Waals surface area contributed by atoms with Gasteiger partial charge in [0, 0.05) is 25.6 Å². The van der Waals surface area contributed by atoms with Gasteiger partial charge in [0.2, 0.25) is 5.91 Å². The fourth-order valence-corrected chi connectivity index (χ4v) is 3.11. The number of nitrogens with zero attached hydrogens (tertiary/aromatic N) is 1. The van der Waals surface area contributed by atoms with Gasteiger partial charge in [0.25, 0.3) is 0 Å². The quantitative estimate of drug-likeness (QED) is 0.820. The lowest BCUT2D eigenvalue weighted by molar-refractivity contribution is -0.132. The first-order valence-corrected chi connectivity index (χ1v) is 7.29. The maximum Gasteiger partial charge on any atom is 0.222 e. The standard InChI is InChI=1S/C14H26N2O/c15-13-8-10-16(11-9-13)14(17)7-6-12-4-2-1-3-5-12/h12-13H,1-11,15H2. The fraction of sp³-hybridized carbons (Fsp3) is 0.929. The van der Waals surface area contributed by atoms with Crippen molar-refractivity contribution in [3.63, 3.8) is 0 Å². The Hall–Kier alpha value is -0.570. The molecule has 0 atom stereocenters. The smallest absolute Gasteiger partial charge is 0.222 e. The van der Waals surface area contributed by atoms with E-state index in [1.165, 1.54) is 32.1 Å². The molecule has 1 aliphatic carbocycles. The Morgan fingerprint density at radius 2 is 1.71 bits per heavy atom. The Labute approximate surface area is 105 Å². The van der Waals surface area contributed by atoms with Gasteiger partial charge in [-0.25, -0.2) is 0 Å². The molecular weight excluding hydrogens is 212 g/mol. The Kier molecular flexibility index (Phi) is 4.84. The monoisotopic (exact) mass is 238 g/mol. The van der Waals surface area contributed by atoms with Gasteiger partial charge in [0.15, 0.2) is 0 Å². The van der Waals surface area contributed by atoms with Crippen LogP contribution in [0.15, 0.2) is 0 Å². The van der Waals surface area contributed by atoms with Crippen LogP contribution < -0.4 is 5.73 Å². The molecule has 0 unspecified atom stereocenters. The van der Waals surface area contributed by atoms with Crippen LogP contribution in [0.5, 0.6) is 0 Å². The van der Waals surface area contributed by atoms with E-state index in [2.05, 4.69) is 0 Å². The summed E-state index contributed by atoms with van der Waals surface area (Å²) in [7, 11) is 0. The number of hydrogen-bond acceptors (Lipinski definition) is 2. The highest BCUT2D eigenvalue weighted by Crippen LogP contribution is 2.27. The maximum absolute atomic E-state index is 12.0. The molecule has 1 saturated heterocycles.